The predicted molar refractivity (Wildman–Crippen MR) is 106 cm³/mol. The third-order valence-corrected chi connectivity index (χ3v) is 5.32. The number of nitrogens with one attached hydrogen (secondary N) is 2. The Morgan fingerprint density at radius 1 is 1.33 bits per heavy atom. The van der Waals surface area contributed by atoms with Crippen molar-refractivity contribution in [3.8, 4) is 0 Å². The van der Waals surface area contributed by atoms with E-state index in [0.717, 1.165) is 17.7 Å². The van der Waals surface area contributed by atoms with E-state index >= 15 is 0 Å². The maximum Gasteiger partial charge on any atom is 0.321 e. The first-order valence-corrected chi connectivity index (χ1v) is 9.64. The minimum atomic E-state index is -0.817. The van der Waals surface area contributed by atoms with Crippen LogP contribution in [0.2, 0.25) is 0 Å². The summed E-state index contributed by atoms with van der Waals surface area (Å²) in [5, 5.41) is 15.9. The molecule has 0 aromatic carbocycles. The molecule has 1 aromatic heterocycles. The molecular formula is C17H27ClN4O4S. The number of carboxylic acids is 1. The highest BCUT2D eigenvalue weighted by Crippen LogP contribution is 2.16. The van der Waals surface area contributed by atoms with E-state index in [-0.39, 0.29) is 37.4 Å². The molecule has 0 saturated carbocycles. The van der Waals surface area contributed by atoms with Gasteiger partial charge in [0.05, 0.1) is 19.6 Å². The van der Waals surface area contributed by atoms with Crippen molar-refractivity contribution in [1.29, 1.82) is 0 Å². The normalized spacial score (nSPS) is 15.2. The fourth-order valence-electron chi connectivity index (χ4n) is 3.11. The molecule has 0 radical (unpaired) electrons. The Balaban J connectivity index is 0.00000364. The molecule has 0 atom stereocenters. The van der Waals surface area contributed by atoms with Gasteiger partial charge in [-0.2, -0.15) is 0 Å². The number of hydrogen-bond donors (Lipinski definition) is 3. The minimum Gasteiger partial charge on any atom is -0.480 e. The number of carbonyl (C=O) groups is 3. The predicted octanol–water partition coefficient (Wildman–Crippen LogP) is 1.37. The maximum absolute atomic E-state index is 12.0. The summed E-state index contributed by atoms with van der Waals surface area (Å²) in [5.41, 5.74) is 0. The molecule has 27 heavy (non-hydrogen) atoms. The first-order valence-electron chi connectivity index (χ1n) is 8.76. The lowest BCUT2D eigenvalue weighted by Gasteiger charge is -2.37. The molecule has 2 rings (SSSR count). The molecule has 8 nitrogen and oxygen atoms in total. The highest BCUT2D eigenvalue weighted by molar-refractivity contribution is 7.09. The number of hydrogen-bond acceptors (Lipinski definition) is 6. The van der Waals surface area contributed by atoms with Crippen molar-refractivity contribution in [2.75, 3.05) is 32.7 Å². The zero-order valence-corrected chi connectivity index (χ0v) is 17.0. The molecule has 0 bridgehead atoms. The standard InChI is InChI=1S/C17H26N4O4S.ClH/c1-2-21(12-16(23)24)13-5-7-20(8-6-13)11-15(22)19-17(25)18-10-14-4-3-9-26-14;/h3-4,9,13H,2,5-8,10-12H2,1H3,(H,23,24)(H2,18,19,22,25);1H. The second-order valence-electron chi connectivity index (χ2n) is 6.27. The molecule has 2 heterocycles. The molecule has 10 heteroatoms. The Morgan fingerprint density at radius 3 is 2.59 bits per heavy atom. The van der Waals surface area contributed by atoms with E-state index in [1.165, 1.54) is 0 Å². The molecule has 3 amide bonds. The highest BCUT2D eigenvalue weighted by atomic mass is 35.5. The van der Waals surface area contributed by atoms with E-state index in [1.807, 2.05) is 34.2 Å². The van der Waals surface area contributed by atoms with Crippen LogP contribution in [0.5, 0.6) is 0 Å². The van der Waals surface area contributed by atoms with Gasteiger partial charge in [-0.25, -0.2) is 4.79 Å². The monoisotopic (exact) mass is 418 g/mol. The summed E-state index contributed by atoms with van der Waals surface area (Å²) in [7, 11) is 0. The van der Waals surface area contributed by atoms with Gasteiger partial charge in [0.15, 0.2) is 0 Å². The quantitative estimate of drug-likeness (QED) is 0.589. The number of thiophene rings is 1. The Labute approximate surface area is 169 Å². The lowest BCUT2D eigenvalue weighted by atomic mass is 10.0. The molecule has 1 aromatic rings. The lowest BCUT2D eigenvalue weighted by molar-refractivity contribution is -0.139. The van der Waals surface area contributed by atoms with Crippen molar-refractivity contribution in [3.05, 3.63) is 22.4 Å². The van der Waals surface area contributed by atoms with Gasteiger partial charge in [-0.15, -0.1) is 23.7 Å². The number of piperidine rings is 1. The number of nitrogens with zero attached hydrogens (tertiary/aromatic N) is 2. The van der Waals surface area contributed by atoms with Crippen LogP contribution in [-0.4, -0.2) is 71.6 Å². The third kappa shape index (κ3) is 8.25. The molecule has 0 aliphatic carbocycles. The molecule has 1 aliphatic rings. The summed E-state index contributed by atoms with van der Waals surface area (Å²) in [6.45, 7) is 4.70. The topological polar surface area (TPSA) is 102 Å². The second-order valence-corrected chi connectivity index (χ2v) is 7.31. The fraction of sp³-hybridized carbons (Fsp3) is 0.588. The van der Waals surface area contributed by atoms with E-state index < -0.39 is 12.0 Å². The van der Waals surface area contributed by atoms with Crippen LogP contribution in [0.1, 0.15) is 24.6 Å². The van der Waals surface area contributed by atoms with Crippen molar-refractivity contribution < 1.29 is 19.5 Å². The average molecular weight is 419 g/mol. The zero-order valence-electron chi connectivity index (χ0n) is 15.3. The summed E-state index contributed by atoms with van der Waals surface area (Å²) in [6.07, 6.45) is 1.64. The Morgan fingerprint density at radius 2 is 2.04 bits per heavy atom. The van der Waals surface area contributed by atoms with Gasteiger partial charge in [0.1, 0.15) is 0 Å². The van der Waals surface area contributed by atoms with Crippen molar-refractivity contribution >= 4 is 41.7 Å². The number of aliphatic carboxylic acids is 1. The summed E-state index contributed by atoms with van der Waals surface area (Å²) in [6, 6.07) is 3.56. The first-order chi connectivity index (χ1) is 12.5. The molecule has 1 aliphatic heterocycles. The van der Waals surface area contributed by atoms with E-state index in [0.29, 0.717) is 26.2 Å². The van der Waals surface area contributed by atoms with Gasteiger partial charge in [-0.05, 0) is 30.8 Å². The molecule has 3 N–H and O–H groups in total. The summed E-state index contributed by atoms with van der Waals surface area (Å²) >= 11 is 1.54. The van der Waals surface area contributed by atoms with Gasteiger partial charge in [-0.1, -0.05) is 13.0 Å². The van der Waals surface area contributed by atoms with Gasteiger partial charge in [0.25, 0.3) is 0 Å². The van der Waals surface area contributed by atoms with E-state index in [1.54, 1.807) is 11.3 Å². The number of likely N-dealkylation sites (N-methyl/N-ethyl adjacent to an activating group) is 1. The van der Waals surface area contributed by atoms with E-state index in [9.17, 15) is 14.4 Å². The van der Waals surface area contributed by atoms with Crippen molar-refractivity contribution in [1.82, 2.24) is 20.4 Å². The number of imide groups is 1. The summed E-state index contributed by atoms with van der Waals surface area (Å²) in [5.74, 6) is -1.15. The van der Waals surface area contributed by atoms with Crippen LogP contribution >= 0.6 is 23.7 Å². The number of carboxylic acid groups (broad SMARTS) is 1. The number of carbonyl (C=O) groups excluding carboxylic acids is 2. The highest BCUT2D eigenvalue weighted by Gasteiger charge is 2.26. The Hall–Kier alpha value is -1.68. The van der Waals surface area contributed by atoms with Crippen LogP contribution in [-0.2, 0) is 16.1 Å². The smallest absolute Gasteiger partial charge is 0.321 e. The van der Waals surface area contributed by atoms with Crippen molar-refractivity contribution in [2.24, 2.45) is 0 Å². The van der Waals surface area contributed by atoms with Gasteiger partial charge in [0, 0.05) is 24.0 Å². The van der Waals surface area contributed by atoms with Gasteiger partial charge in [0.2, 0.25) is 5.91 Å². The number of likely N-dealkylation sites (tertiary alicyclic amines) is 1. The SMILES string of the molecule is CCN(CC(=O)O)C1CCN(CC(=O)NC(=O)NCc2cccs2)CC1.Cl. The number of rotatable bonds is 8. The number of halogens is 1. The molecule has 1 fully saturated rings. The second kappa shape index (κ2) is 11.9. The van der Waals surface area contributed by atoms with Crippen LogP contribution in [0.25, 0.3) is 0 Å². The first kappa shape index (κ1) is 23.4. The summed E-state index contributed by atoms with van der Waals surface area (Å²) in [4.78, 5) is 39.6. The van der Waals surface area contributed by atoms with Crippen molar-refractivity contribution in [2.45, 2.75) is 32.4 Å². The average Bonchev–Trinajstić information content (AvgIpc) is 3.12. The number of amides is 3. The minimum absolute atomic E-state index is 0. The fourth-order valence-corrected chi connectivity index (χ4v) is 3.75. The van der Waals surface area contributed by atoms with Gasteiger partial charge in [-0.3, -0.25) is 24.7 Å². The van der Waals surface area contributed by atoms with E-state index in [2.05, 4.69) is 10.6 Å². The Bertz CT molecular complexity index is 606. The van der Waals surface area contributed by atoms with Crippen LogP contribution in [0.4, 0.5) is 4.79 Å². The van der Waals surface area contributed by atoms with Crippen molar-refractivity contribution in [3.63, 3.8) is 0 Å². The van der Waals surface area contributed by atoms with Crippen LogP contribution < -0.4 is 10.6 Å². The largest absolute Gasteiger partial charge is 0.480 e. The maximum atomic E-state index is 12.0. The molecule has 0 spiro atoms. The van der Waals surface area contributed by atoms with Gasteiger partial charge < -0.3 is 10.4 Å². The molecule has 1 saturated heterocycles. The van der Waals surface area contributed by atoms with Crippen LogP contribution in [0.15, 0.2) is 17.5 Å². The lowest BCUT2D eigenvalue weighted by Crippen LogP contribution is -2.50. The molecular weight excluding hydrogens is 392 g/mol. The van der Waals surface area contributed by atoms with E-state index in [4.69, 9.17) is 5.11 Å². The Kier molecular flexibility index (Phi) is 10.3. The van der Waals surface area contributed by atoms with Gasteiger partial charge >= 0.3 is 12.0 Å². The zero-order chi connectivity index (χ0) is 18.9. The molecule has 152 valence electrons. The van der Waals surface area contributed by atoms with Crippen LogP contribution in [0, 0.1) is 0 Å². The summed E-state index contributed by atoms with van der Waals surface area (Å²) < 4.78 is 0. The van der Waals surface area contributed by atoms with Crippen LogP contribution in [0.3, 0.4) is 0 Å². The number of urea groups is 1. The third-order valence-electron chi connectivity index (χ3n) is 4.44. The molecule has 0 unspecified atom stereocenters.